The molecule has 0 radical (unpaired) electrons. The Labute approximate surface area is 126 Å². The predicted octanol–water partition coefficient (Wildman–Crippen LogP) is 2.05. The molecule has 2 unspecified atom stereocenters. The number of para-hydroxylation sites is 1. The smallest absolute Gasteiger partial charge is 0.258 e. The molecule has 1 fully saturated rings. The zero-order chi connectivity index (χ0) is 15.4. The Kier molecular flexibility index (Phi) is 5.07. The van der Waals surface area contributed by atoms with Crippen molar-refractivity contribution in [3.05, 3.63) is 23.8 Å². The van der Waals surface area contributed by atoms with Crippen molar-refractivity contribution in [2.45, 2.75) is 38.3 Å². The number of amides is 1. The van der Waals surface area contributed by atoms with Crippen molar-refractivity contribution in [2.75, 3.05) is 20.8 Å². The van der Waals surface area contributed by atoms with Gasteiger partial charge in [0.1, 0.15) is 0 Å². The molecule has 2 atom stereocenters. The zero-order valence-corrected chi connectivity index (χ0v) is 13.0. The fourth-order valence-corrected chi connectivity index (χ4v) is 2.97. The van der Waals surface area contributed by atoms with E-state index in [1.54, 1.807) is 32.4 Å². The fraction of sp³-hybridized carbons (Fsp3) is 0.562. The van der Waals surface area contributed by atoms with Crippen LogP contribution in [0.4, 0.5) is 0 Å². The van der Waals surface area contributed by atoms with E-state index in [9.17, 15) is 4.79 Å². The number of likely N-dealkylation sites (tertiary alicyclic amines) is 1. The largest absolute Gasteiger partial charge is 0.493 e. The summed E-state index contributed by atoms with van der Waals surface area (Å²) >= 11 is 0. The highest BCUT2D eigenvalue weighted by molar-refractivity contribution is 5.98. The molecule has 2 rings (SSSR count). The van der Waals surface area contributed by atoms with Crippen LogP contribution in [0.25, 0.3) is 0 Å². The minimum absolute atomic E-state index is 0.0345. The first-order valence-electron chi connectivity index (χ1n) is 7.37. The molecule has 21 heavy (non-hydrogen) atoms. The van der Waals surface area contributed by atoms with Gasteiger partial charge in [-0.05, 0) is 38.3 Å². The summed E-state index contributed by atoms with van der Waals surface area (Å²) in [5.74, 6) is 1.02. The van der Waals surface area contributed by atoms with Crippen molar-refractivity contribution in [1.82, 2.24) is 4.90 Å². The molecule has 0 saturated carbocycles. The Balaban J connectivity index is 2.34. The maximum atomic E-state index is 12.9. The molecular formula is C16H24N2O3. The van der Waals surface area contributed by atoms with E-state index in [4.69, 9.17) is 15.2 Å². The van der Waals surface area contributed by atoms with Crippen LogP contribution in [0.5, 0.6) is 11.5 Å². The molecule has 1 heterocycles. The third kappa shape index (κ3) is 3.13. The second-order valence-electron chi connectivity index (χ2n) is 5.46. The Morgan fingerprint density at radius 3 is 2.71 bits per heavy atom. The number of methoxy groups -OCH3 is 2. The Bertz CT molecular complexity index is 502. The van der Waals surface area contributed by atoms with Gasteiger partial charge in [-0.25, -0.2) is 0 Å². The van der Waals surface area contributed by atoms with Crippen LogP contribution in [-0.2, 0) is 0 Å². The van der Waals surface area contributed by atoms with E-state index in [-0.39, 0.29) is 18.0 Å². The van der Waals surface area contributed by atoms with Crippen molar-refractivity contribution in [2.24, 2.45) is 5.73 Å². The van der Waals surface area contributed by atoms with Gasteiger partial charge in [-0.2, -0.15) is 0 Å². The first-order valence-corrected chi connectivity index (χ1v) is 7.37. The van der Waals surface area contributed by atoms with Crippen molar-refractivity contribution in [1.29, 1.82) is 0 Å². The van der Waals surface area contributed by atoms with Crippen LogP contribution < -0.4 is 15.2 Å². The van der Waals surface area contributed by atoms with Crippen LogP contribution in [0, 0.1) is 0 Å². The lowest BCUT2D eigenvalue weighted by atomic mass is 9.96. The molecule has 0 aliphatic carbocycles. The topological polar surface area (TPSA) is 64.8 Å². The van der Waals surface area contributed by atoms with Crippen molar-refractivity contribution in [3.8, 4) is 11.5 Å². The Morgan fingerprint density at radius 2 is 2.10 bits per heavy atom. The minimum atomic E-state index is -0.0362. The van der Waals surface area contributed by atoms with E-state index in [0.717, 1.165) is 25.8 Å². The van der Waals surface area contributed by atoms with Gasteiger partial charge < -0.3 is 20.1 Å². The zero-order valence-electron chi connectivity index (χ0n) is 13.0. The van der Waals surface area contributed by atoms with Gasteiger partial charge in [0.15, 0.2) is 11.5 Å². The Morgan fingerprint density at radius 1 is 1.33 bits per heavy atom. The number of benzene rings is 1. The molecule has 0 aromatic heterocycles. The van der Waals surface area contributed by atoms with Crippen molar-refractivity contribution >= 4 is 5.91 Å². The number of hydrogen-bond acceptors (Lipinski definition) is 4. The van der Waals surface area contributed by atoms with Gasteiger partial charge >= 0.3 is 0 Å². The Hall–Kier alpha value is -1.75. The van der Waals surface area contributed by atoms with Crippen LogP contribution in [0.15, 0.2) is 18.2 Å². The van der Waals surface area contributed by atoms with Gasteiger partial charge in [0.2, 0.25) is 0 Å². The van der Waals surface area contributed by atoms with Crippen LogP contribution in [0.1, 0.15) is 36.5 Å². The van der Waals surface area contributed by atoms with Crippen LogP contribution in [0.2, 0.25) is 0 Å². The number of carbonyl (C=O) groups excluding carboxylic acids is 1. The van der Waals surface area contributed by atoms with Gasteiger partial charge in [0.05, 0.1) is 19.8 Å². The third-order valence-electron chi connectivity index (χ3n) is 4.05. The quantitative estimate of drug-likeness (QED) is 0.922. The van der Waals surface area contributed by atoms with E-state index >= 15 is 0 Å². The van der Waals surface area contributed by atoms with E-state index in [2.05, 4.69) is 0 Å². The van der Waals surface area contributed by atoms with Crippen LogP contribution >= 0.6 is 0 Å². The highest BCUT2D eigenvalue weighted by Gasteiger charge is 2.31. The van der Waals surface area contributed by atoms with Crippen molar-refractivity contribution in [3.63, 3.8) is 0 Å². The molecule has 5 nitrogen and oxygen atoms in total. The lowest BCUT2D eigenvalue weighted by Crippen LogP contribution is -2.51. The highest BCUT2D eigenvalue weighted by Crippen LogP contribution is 2.33. The minimum Gasteiger partial charge on any atom is -0.493 e. The molecule has 1 aliphatic rings. The van der Waals surface area contributed by atoms with Gasteiger partial charge in [-0.15, -0.1) is 0 Å². The molecule has 116 valence electrons. The average Bonchev–Trinajstić information content (AvgIpc) is 2.53. The summed E-state index contributed by atoms with van der Waals surface area (Å²) < 4.78 is 10.6. The monoisotopic (exact) mass is 292 g/mol. The summed E-state index contributed by atoms with van der Waals surface area (Å²) in [6.07, 6.45) is 3.09. The standard InChI is InChI=1S/C16H24N2O3/c1-11(17)13-8-4-5-10-18(13)16(19)12-7-6-9-14(20-2)15(12)21-3/h6-7,9,11,13H,4-5,8,10,17H2,1-3H3. The summed E-state index contributed by atoms with van der Waals surface area (Å²) in [5, 5.41) is 0. The normalized spacial score (nSPS) is 20.0. The third-order valence-corrected chi connectivity index (χ3v) is 4.05. The number of carbonyl (C=O) groups is 1. The second kappa shape index (κ2) is 6.80. The number of ether oxygens (including phenoxy) is 2. The van der Waals surface area contributed by atoms with E-state index in [0.29, 0.717) is 17.1 Å². The molecular weight excluding hydrogens is 268 g/mol. The summed E-state index contributed by atoms with van der Waals surface area (Å²) in [5.41, 5.74) is 6.58. The van der Waals surface area contributed by atoms with E-state index in [1.807, 2.05) is 11.8 Å². The van der Waals surface area contributed by atoms with Crippen LogP contribution in [0.3, 0.4) is 0 Å². The summed E-state index contributed by atoms with van der Waals surface area (Å²) in [6.45, 7) is 2.70. The van der Waals surface area contributed by atoms with Crippen molar-refractivity contribution < 1.29 is 14.3 Å². The molecule has 0 bridgehead atoms. The molecule has 0 spiro atoms. The van der Waals surface area contributed by atoms with E-state index < -0.39 is 0 Å². The molecule has 1 saturated heterocycles. The van der Waals surface area contributed by atoms with Gasteiger partial charge in [0, 0.05) is 18.6 Å². The van der Waals surface area contributed by atoms with Gasteiger partial charge in [-0.1, -0.05) is 6.07 Å². The summed E-state index contributed by atoms with van der Waals surface area (Å²) in [4.78, 5) is 14.8. The number of rotatable bonds is 4. The maximum Gasteiger partial charge on any atom is 0.258 e. The van der Waals surface area contributed by atoms with Gasteiger partial charge in [-0.3, -0.25) is 4.79 Å². The summed E-state index contributed by atoms with van der Waals surface area (Å²) in [6, 6.07) is 5.41. The number of hydrogen-bond donors (Lipinski definition) is 1. The van der Waals surface area contributed by atoms with Gasteiger partial charge in [0.25, 0.3) is 5.91 Å². The van der Waals surface area contributed by atoms with E-state index in [1.165, 1.54) is 0 Å². The number of nitrogens with two attached hydrogens (primary N) is 1. The lowest BCUT2D eigenvalue weighted by Gasteiger charge is -2.38. The highest BCUT2D eigenvalue weighted by atomic mass is 16.5. The molecule has 2 N–H and O–H groups in total. The SMILES string of the molecule is COc1cccc(C(=O)N2CCCCC2C(C)N)c1OC. The lowest BCUT2D eigenvalue weighted by molar-refractivity contribution is 0.0580. The molecule has 5 heteroatoms. The second-order valence-corrected chi connectivity index (χ2v) is 5.46. The molecule has 1 aromatic carbocycles. The number of piperidine rings is 1. The molecule has 1 amide bonds. The number of nitrogens with zero attached hydrogens (tertiary/aromatic N) is 1. The fourth-order valence-electron chi connectivity index (χ4n) is 2.97. The average molecular weight is 292 g/mol. The maximum absolute atomic E-state index is 12.9. The van der Waals surface area contributed by atoms with Crippen LogP contribution in [-0.4, -0.2) is 43.7 Å². The molecule has 1 aliphatic heterocycles. The first kappa shape index (κ1) is 15.6. The first-order chi connectivity index (χ1) is 10.1. The predicted molar refractivity (Wildman–Crippen MR) is 81.9 cm³/mol. The molecule has 1 aromatic rings. The summed E-state index contributed by atoms with van der Waals surface area (Å²) in [7, 11) is 3.12.